The van der Waals surface area contributed by atoms with E-state index in [1.54, 1.807) is 0 Å². The average Bonchev–Trinajstić information content (AvgIpc) is 2.42. The van der Waals surface area contributed by atoms with Crippen LogP contribution in [0.1, 0.15) is 24.0 Å². The van der Waals surface area contributed by atoms with Gasteiger partial charge >= 0.3 is 6.03 Å². The lowest BCUT2D eigenvalue weighted by atomic mass is 10.0. The van der Waals surface area contributed by atoms with Gasteiger partial charge in [-0.2, -0.15) is 0 Å². The molecule has 1 saturated heterocycles. The van der Waals surface area contributed by atoms with Crippen LogP contribution in [-0.2, 0) is 4.74 Å². The van der Waals surface area contributed by atoms with Crippen molar-refractivity contribution in [1.29, 1.82) is 0 Å². The molecule has 4 nitrogen and oxygen atoms in total. The summed E-state index contributed by atoms with van der Waals surface area (Å²) in [5.74, 6) is 0.504. The van der Waals surface area contributed by atoms with Gasteiger partial charge in [-0.05, 0) is 49.8 Å². The van der Waals surface area contributed by atoms with Gasteiger partial charge in [0.05, 0.1) is 10.7 Å². The first kappa shape index (κ1) is 15.1. The molecular formula is C15H21ClN2O2. The smallest absolute Gasteiger partial charge is 0.319 e. The third kappa shape index (κ3) is 4.12. The molecule has 1 aliphatic rings. The number of rotatable bonds is 3. The van der Waals surface area contributed by atoms with E-state index in [1.165, 1.54) is 0 Å². The van der Waals surface area contributed by atoms with E-state index in [0.717, 1.165) is 37.2 Å². The van der Waals surface area contributed by atoms with Crippen molar-refractivity contribution in [2.45, 2.75) is 26.7 Å². The predicted molar refractivity (Wildman–Crippen MR) is 81.5 cm³/mol. The number of ether oxygens (including phenoxy) is 1. The van der Waals surface area contributed by atoms with Crippen LogP contribution in [0.25, 0.3) is 0 Å². The van der Waals surface area contributed by atoms with Crippen LogP contribution >= 0.6 is 11.6 Å². The minimum Gasteiger partial charge on any atom is -0.381 e. The van der Waals surface area contributed by atoms with Crippen LogP contribution in [0.5, 0.6) is 0 Å². The number of urea groups is 1. The van der Waals surface area contributed by atoms with Gasteiger partial charge in [0.25, 0.3) is 0 Å². The van der Waals surface area contributed by atoms with Gasteiger partial charge in [0, 0.05) is 19.8 Å². The van der Waals surface area contributed by atoms with Gasteiger partial charge in [-0.3, -0.25) is 0 Å². The second-order valence-corrected chi connectivity index (χ2v) is 5.74. The van der Waals surface area contributed by atoms with Crippen LogP contribution in [0.3, 0.4) is 0 Å². The van der Waals surface area contributed by atoms with E-state index in [0.29, 0.717) is 23.2 Å². The van der Waals surface area contributed by atoms with Gasteiger partial charge in [0.1, 0.15) is 0 Å². The Balaban J connectivity index is 1.88. The third-order valence-electron chi connectivity index (χ3n) is 3.56. The summed E-state index contributed by atoms with van der Waals surface area (Å²) in [5.41, 5.74) is 2.73. The Kier molecular flexibility index (Phi) is 5.26. The Hall–Kier alpha value is -1.26. The molecule has 0 spiro atoms. The number of hydrogen-bond acceptors (Lipinski definition) is 2. The largest absolute Gasteiger partial charge is 0.381 e. The lowest BCUT2D eigenvalue weighted by molar-refractivity contribution is 0.0671. The van der Waals surface area contributed by atoms with Crippen molar-refractivity contribution in [3.05, 3.63) is 28.3 Å². The summed E-state index contributed by atoms with van der Waals surface area (Å²) >= 11 is 6.17. The molecule has 5 heteroatoms. The Labute approximate surface area is 124 Å². The predicted octanol–water partition coefficient (Wildman–Crippen LogP) is 3.50. The SMILES string of the molecule is Cc1cc(C)c(NC(=O)NCC2CCOCC2)c(Cl)c1. The summed E-state index contributed by atoms with van der Waals surface area (Å²) < 4.78 is 5.30. The summed E-state index contributed by atoms with van der Waals surface area (Å²) in [7, 11) is 0. The number of amides is 2. The maximum atomic E-state index is 11.9. The monoisotopic (exact) mass is 296 g/mol. The zero-order chi connectivity index (χ0) is 14.5. The third-order valence-corrected chi connectivity index (χ3v) is 3.86. The number of aryl methyl sites for hydroxylation is 2. The fourth-order valence-corrected chi connectivity index (χ4v) is 2.79. The molecule has 0 aromatic heterocycles. The summed E-state index contributed by atoms with van der Waals surface area (Å²) in [6.07, 6.45) is 2.01. The molecule has 20 heavy (non-hydrogen) atoms. The molecule has 1 heterocycles. The van der Waals surface area contributed by atoms with Crippen molar-refractivity contribution in [3.63, 3.8) is 0 Å². The molecule has 110 valence electrons. The maximum absolute atomic E-state index is 11.9. The van der Waals surface area contributed by atoms with Crippen LogP contribution < -0.4 is 10.6 Å². The molecule has 0 unspecified atom stereocenters. The number of benzene rings is 1. The number of carbonyl (C=O) groups is 1. The fourth-order valence-electron chi connectivity index (χ4n) is 2.42. The van der Waals surface area contributed by atoms with Crippen molar-refractivity contribution in [2.24, 2.45) is 5.92 Å². The first-order valence-electron chi connectivity index (χ1n) is 6.95. The summed E-state index contributed by atoms with van der Waals surface area (Å²) in [5, 5.41) is 6.31. The highest BCUT2D eigenvalue weighted by Gasteiger charge is 2.15. The first-order chi connectivity index (χ1) is 9.56. The highest BCUT2D eigenvalue weighted by atomic mass is 35.5. The van der Waals surface area contributed by atoms with Crippen molar-refractivity contribution >= 4 is 23.3 Å². The van der Waals surface area contributed by atoms with Gasteiger partial charge < -0.3 is 15.4 Å². The van der Waals surface area contributed by atoms with Crippen LogP contribution in [-0.4, -0.2) is 25.8 Å². The molecule has 0 radical (unpaired) electrons. The molecule has 1 aliphatic heterocycles. The van der Waals surface area contributed by atoms with Crippen LogP contribution in [0.2, 0.25) is 5.02 Å². The van der Waals surface area contributed by atoms with Crippen molar-refractivity contribution in [3.8, 4) is 0 Å². The Bertz CT molecular complexity index is 462. The van der Waals surface area contributed by atoms with Gasteiger partial charge in [-0.15, -0.1) is 0 Å². The lowest BCUT2D eigenvalue weighted by Crippen LogP contribution is -2.35. The number of hydrogen-bond donors (Lipinski definition) is 2. The Morgan fingerprint density at radius 3 is 2.70 bits per heavy atom. The van der Waals surface area contributed by atoms with E-state index in [9.17, 15) is 4.79 Å². The molecule has 2 N–H and O–H groups in total. The van der Waals surface area contributed by atoms with Crippen LogP contribution in [0.4, 0.5) is 10.5 Å². The van der Waals surface area contributed by atoms with Gasteiger partial charge in [-0.1, -0.05) is 17.7 Å². The van der Waals surface area contributed by atoms with E-state index >= 15 is 0 Å². The van der Waals surface area contributed by atoms with E-state index < -0.39 is 0 Å². The molecular weight excluding hydrogens is 276 g/mol. The molecule has 0 bridgehead atoms. The standard InChI is InChI=1S/C15H21ClN2O2/c1-10-7-11(2)14(13(16)8-10)18-15(19)17-9-12-3-5-20-6-4-12/h7-8,12H,3-6,9H2,1-2H3,(H2,17,18,19). The normalized spacial score (nSPS) is 15.9. The van der Waals surface area contributed by atoms with E-state index in [2.05, 4.69) is 10.6 Å². The summed E-state index contributed by atoms with van der Waals surface area (Å²) in [6, 6.07) is 3.65. The fraction of sp³-hybridized carbons (Fsp3) is 0.533. The van der Waals surface area contributed by atoms with Gasteiger partial charge in [0.2, 0.25) is 0 Å². The maximum Gasteiger partial charge on any atom is 0.319 e. The number of anilines is 1. The molecule has 0 atom stereocenters. The topological polar surface area (TPSA) is 50.4 Å². The second kappa shape index (κ2) is 6.95. The van der Waals surface area contributed by atoms with E-state index in [-0.39, 0.29) is 6.03 Å². The van der Waals surface area contributed by atoms with Gasteiger partial charge in [-0.25, -0.2) is 4.79 Å². The Morgan fingerprint density at radius 1 is 1.35 bits per heavy atom. The minimum atomic E-state index is -0.203. The van der Waals surface area contributed by atoms with Crippen molar-refractivity contribution in [1.82, 2.24) is 5.32 Å². The number of carbonyl (C=O) groups excluding carboxylic acids is 1. The van der Waals surface area contributed by atoms with Gasteiger partial charge in [0.15, 0.2) is 0 Å². The highest BCUT2D eigenvalue weighted by Crippen LogP contribution is 2.27. The van der Waals surface area contributed by atoms with Crippen LogP contribution in [0.15, 0.2) is 12.1 Å². The highest BCUT2D eigenvalue weighted by molar-refractivity contribution is 6.34. The first-order valence-corrected chi connectivity index (χ1v) is 7.33. The molecule has 1 aromatic rings. The summed E-state index contributed by atoms with van der Waals surface area (Å²) in [4.78, 5) is 11.9. The molecule has 1 aromatic carbocycles. The zero-order valence-electron chi connectivity index (χ0n) is 12.0. The molecule has 2 rings (SSSR count). The molecule has 1 fully saturated rings. The van der Waals surface area contributed by atoms with E-state index in [4.69, 9.17) is 16.3 Å². The average molecular weight is 297 g/mol. The van der Waals surface area contributed by atoms with Crippen LogP contribution in [0, 0.1) is 19.8 Å². The quantitative estimate of drug-likeness (QED) is 0.897. The summed E-state index contributed by atoms with van der Waals surface area (Å²) in [6.45, 7) is 6.17. The second-order valence-electron chi connectivity index (χ2n) is 5.33. The molecule has 2 amide bonds. The minimum absolute atomic E-state index is 0.203. The molecule has 0 aliphatic carbocycles. The number of nitrogens with one attached hydrogen (secondary N) is 2. The van der Waals surface area contributed by atoms with Crippen molar-refractivity contribution in [2.75, 3.05) is 25.1 Å². The molecule has 0 saturated carbocycles. The Morgan fingerprint density at radius 2 is 2.05 bits per heavy atom. The zero-order valence-corrected chi connectivity index (χ0v) is 12.7. The lowest BCUT2D eigenvalue weighted by Gasteiger charge is -2.22. The number of halogens is 1. The van der Waals surface area contributed by atoms with Crippen molar-refractivity contribution < 1.29 is 9.53 Å². The van der Waals surface area contributed by atoms with E-state index in [1.807, 2.05) is 26.0 Å².